The van der Waals surface area contributed by atoms with E-state index in [4.69, 9.17) is 16.3 Å². The van der Waals surface area contributed by atoms with E-state index in [1.807, 2.05) is 73.6 Å². The molecule has 1 atom stereocenters. The Morgan fingerprint density at radius 3 is 2.59 bits per heavy atom. The Bertz CT molecular complexity index is 824. The number of likely N-dealkylation sites (N-methyl/N-ethyl adjacent to an activating group) is 1. The Morgan fingerprint density at radius 2 is 1.89 bits per heavy atom. The Labute approximate surface area is 169 Å². The molecule has 0 aliphatic carbocycles. The van der Waals surface area contributed by atoms with Crippen molar-refractivity contribution in [1.82, 2.24) is 10.2 Å². The van der Waals surface area contributed by atoms with E-state index in [0.717, 1.165) is 21.8 Å². The van der Waals surface area contributed by atoms with E-state index in [1.165, 1.54) is 0 Å². The van der Waals surface area contributed by atoms with E-state index in [-0.39, 0.29) is 11.9 Å². The molecule has 0 fully saturated rings. The van der Waals surface area contributed by atoms with Crippen molar-refractivity contribution < 1.29 is 9.53 Å². The first-order valence-electron chi connectivity index (χ1n) is 8.82. The Hall–Kier alpha value is -1.95. The number of nitrogens with one attached hydrogen (secondary N) is 1. The lowest BCUT2D eigenvalue weighted by Crippen LogP contribution is -2.36. The lowest BCUT2D eigenvalue weighted by Gasteiger charge is -2.27. The van der Waals surface area contributed by atoms with Gasteiger partial charge in [-0.1, -0.05) is 60.1 Å². The zero-order valence-corrected chi connectivity index (χ0v) is 17.0. The third kappa shape index (κ3) is 4.86. The maximum atomic E-state index is 12.9. The Balaban J connectivity index is 1.79. The molecule has 4 nitrogen and oxygen atoms in total. The van der Waals surface area contributed by atoms with Crippen LogP contribution in [0.4, 0.5) is 0 Å². The minimum atomic E-state index is -0.194. The summed E-state index contributed by atoms with van der Waals surface area (Å²) in [7, 11) is 3.95. The van der Waals surface area contributed by atoms with Crippen LogP contribution in [0.25, 0.3) is 4.91 Å². The van der Waals surface area contributed by atoms with E-state index in [1.54, 1.807) is 11.8 Å². The molecule has 6 heteroatoms. The molecule has 0 saturated carbocycles. The summed E-state index contributed by atoms with van der Waals surface area (Å²) >= 11 is 8.01. The zero-order chi connectivity index (χ0) is 19.2. The van der Waals surface area contributed by atoms with Crippen molar-refractivity contribution in [2.75, 3.05) is 33.0 Å². The number of nitrogens with zero attached hydrogens (tertiary/aromatic N) is 1. The number of carbonyl (C=O) groups excluding carboxylic acids is 1. The fourth-order valence-corrected chi connectivity index (χ4v) is 4.19. The van der Waals surface area contributed by atoms with Crippen LogP contribution in [0.5, 0.6) is 0 Å². The van der Waals surface area contributed by atoms with Crippen molar-refractivity contribution in [2.24, 2.45) is 0 Å². The van der Waals surface area contributed by atoms with Gasteiger partial charge >= 0.3 is 0 Å². The molecule has 0 aromatic heterocycles. The van der Waals surface area contributed by atoms with Gasteiger partial charge in [-0.05, 0) is 31.3 Å². The first-order chi connectivity index (χ1) is 13.1. The molecule has 1 unspecified atom stereocenters. The van der Waals surface area contributed by atoms with Gasteiger partial charge in [-0.2, -0.15) is 0 Å². The lowest BCUT2D eigenvalue weighted by atomic mass is 10.1. The van der Waals surface area contributed by atoms with Crippen molar-refractivity contribution in [3.05, 3.63) is 76.5 Å². The number of thioether (sulfide) groups is 1. The Kier molecular flexibility index (Phi) is 6.83. The number of amides is 1. The van der Waals surface area contributed by atoms with Crippen LogP contribution in [0.1, 0.15) is 17.2 Å². The van der Waals surface area contributed by atoms with Gasteiger partial charge in [0, 0.05) is 17.3 Å². The summed E-state index contributed by atoms with van der Waals surface area (Å²) in [6.07, 6.45) is 0. The maximum absolute atomic E-state index is 12.9. The predicted molar refractivity (Wildman–Crippen MR) is 113 cm³/mol. The molecule has 2 aromatic rings. The van der Waals surface area contributed by atoms with E-state index in [9.17, 15) is 4.79 Å². The largest absolute Gasteiger partial charge is 0.486 e. The number of carbonyl (C=O) groups is 1. The lowest BCUT2D eigenvalue weighted by molar-refractivity contribution is -0.120. The van der Waals surface area contributed by atoms with Gasteiger partial charge in [-0.15, -0.1) is 11.8 Å². The molecule has 1 aliphatic heterocycles. The molecule has 27 heavy (non-hydrogen) atoms. The van der Waals surface area contributed by atoms with Crippen molar-refractivity contribution in [1.29, 1.82) is 0 Å². The van der Waals surface area contributed by atoms with Gasteiger partial charge in [0.25, 0.3) is 5.91 Å². The highest BCUT2D eigenvalue weighted by molar-refractivity contribution is 8.08. The van der Waals surface area contributed by atoms with Crippen LogP contribution in [0.15, 0.2) is 60.4 Å². The fraction of sp³-hybridized carbons (Fsp3) is 0.286. The van der Waals surface area contributed by atoms with Crippen molar-refractivity contribution >= 4 is 34.2 Å². The third-order valence-corrected chi connectivity index (χ3v) is 5.79. The summed E-state index contributed by atoms with van der Waals surface area (Å²) in [5.41, 5.74) is 1.99. The molecule has 3 rings (SSSR count). The molecule has 2 aromatic carbocycles. The SMILES string of the molecule is CN(C)C(CNC(=O)C1=C(c2ccccc2)SCCO1)c1ccccc1Cl. The van der Waals surface area contributed by atoms with Gasteiger partial charge in [0.05, 0.1) is 17.6 Å². The highest BCUT2D eigenvalue weighted by Crippen LogP contribution is 2.34. The molecule has 1 aliphatic rings. The smallest absolute Gasteiger partial charge is 0.287 e. The second-order valence-corrected chi connectivity index (χ2v) is 7.94. The summed E-state index contributed by atoms with van der Waals surface area (Å²) in [4.78, 5) is 15.8. The zero-order valence-electron chi connectivity index (χ0n) is 15.4. The number of ether oxygens (including phenoxy) is 1. The average Bonchev–Trinajstić information content (AvgIpc) is 2.69. The second-order valence-electron chi connectivity index (χ2n) is 6.43. The van der Waals surface area contributed by atoms with Gasteiger partial charge in [0.15, 0.2) is 5.76 Å². The highest BCUT2D eigenvalue weighted by atomic mass is 35.5. The standard InChI is InChI=1S/C21H23ClN2O2S/c1-24(2)18(16-10-6-7-11-17(16)22)14-23-21(25)19-20(27-13-12-26-19)15-8-4-3-5-9-15/h3-11,18H,12-14H2,1-2H3,(H,23,25). The number of benzene rings is 2. The molecule has 1 amide bonds. The minimum absolute atomic E-state index is 0.0281. The van der Waals surface area contributed by atoms with E-state index >= 15 is 0 Å². The first kappa shape index (κ1) is 19.8. The Morgan fingerprint density at radius 1 is 1.19 bits per heavy atom. The van der Waals surface area contributed by atoms with E-state index in [2.05, 4.69) is 5.32 Å². The molecule has 1 heterocycles. The maximum Gasteiger partial charge on any atom is 0.287 e. The normalized spacial score (nSPS) is 15.4. The summed E-state index contributed by atoms with van der Waals surface area (Å²) in [5, 5.41) is 3.72. The van der Waals surface area contributed by atoms with Gasteiger partial charge in [0.2, 0.25) is 0 Å². The molecule has 0 saturated heterocycles. The minimum Gasteiger partial charge on any atom is -0.486 e. The van der Waals surface area contributed by atoms with Crippen LogP contribution >= 0.6 is 23.4 Å². The van der Waals surface area contributed by atoms with Gasteiger partial charge < -0.3 is 15.0 Å². The van der Waals surface area contributed by atoms with Crippen molar-refractivity contribution in [2.45, 2.75) is 6.04 Å². The summed E-state index contributed by atoms with van der Waals surface area (Å²) < 4.78 is 5.74. The average molecular weight is 403 g/mol. The monoisotopic (exact) mass is 402 g/mol. The van der Waals surface area contributed by atoms with Crippen LogP contribution < -0.4 is 5.32 Å². The van der Waals surface area contributed by atoms with Crippen molar-refractivity contribution in [3.63, 3.8) is 0 Å². The van der Waals surface area contributed by atoms with Crippen LogP contribution in [-0.4, -0.2) is 43.8 Å². The van der Waals surface area contributed by atoms with Gasteiger partial charge in [-0.25, -0.2) is 0 Å². The highest BCUT2D eigenvalue weighted by Gasteiger charge is 2.24. The quantitative estimate of drug-likeness (QED) is 0.786. The van der Waals surface area contributed by atoms with Gasteiger partial charge in [0.1, 0.15) is 0 Å². The predicted octanol–water partition coefficient (Wildman–Crippen LogP) is 4.19. The van der Waals surface area contributed by atoms with Crippen LogP contribution in [0.3, 0.4) is 0 Å². The first-order valence-corrected chi connectivity index (χ1v) is 10.2. The molecule has 0 radical (unpaired) electrons. The second kappa shape index (κ2) is 9.31. The molecule has 1 N–H and O–H groups in total. The molecule has 0 bridgehead atoms. The summed E-state index contributed by atoms with van der Waals surface area (Å²) in [6, 6.07) is 17.6. The fourth-order valence-electron chi connectivity index (χ4n) is 2.98. The number of hydrogen-bond donors (Lipinski definition) is 1. The molecular formula is C21H23ClN2O2S. The third-order valence-electron chi connectivity index (χ3n) is 4.37. The number of halogens is 1. The van der Waals surface area contributed by atoms with Crippen LogP contribution in [0.2, 0.25) is 5.02 Å². The molecule has 142 valence electrons. The van der Waals surface area contributed by atoms with Crippen LogP contribution in [-0.2, 0) is 9.53 Å². The summed E-state index contributed by atoms with van der Waals surface area (Å²) in [5.74, 6) is 1.04. The summed E-state index contributed by atoms with van der Waals surface area (Å²) in [6.45, 7) is 0.973. The number of rotatable bonds is 6. The van der Waals surface area contributed by atoms with Crippen molar-refractivity contribution in [3.8, 4) is 0 Å². The topological polar surface area (TPSA) is 41.6 Å². The van der Waals surface area contributed by atoms with E-state index < -0.39 is 0 Å². The molecule has 0 spiro atoms. The molecular weight excluding hydrogens is 380 g/mol. The van der Waals surface area contributed by atoms with E-state index in [0.29, 0.717) is 23.9 Å². The number of hydrogen-bond acceptors (Lipinski definition) is 4. The van der Waals surface area contributed by atoms with Gasteiger partial charge in [-0.3, -0.25) is 4.79 Å². The van der Waals surface area contributed by atoms with Crippen LogP contribution in [0, 0.1) is 0 Å².